The van der Waals surface area contributed by atoms with Gasteiger partial charge in [0.05, 0.1) is 12.2 Å². The van der Waals surface area contributed by atoms with Crippen LogP contribution in [0.3, 0.4) is 0 Å². The van der Waals surface area contributed by atoms with E-state index in [1.165, 1.54) is 0 Å². The van der Waals surface area contributed by atoms with Crippen molar-refractivity contribution in [2.24, 2.45) is 5.92 Å². The van der Waals surface area contributed by atoms with E-state index in [4.69, 9.17) is 9.47 Å². The Morgan fingerprint density at radius 3 is 2.50 bits per heavy atom. The summed E-state index contributed by atoms with van der Waals surface area (Å²) in [6.07, 6.45) is 5.15. The van der Waals surface area contributed by atoms with E-state index in [-0.39, 0.29) is 23.8 Å². The van der Waals surface area contributed by atoms with Crippen molar-refractivity contribution in [1.29, 1.82) is 0 Å². The lowest BCUT2D eigenvalue weighted by atomic mass is 9.82. The molecule has 1 aliphatic carbocycles. The fourth-order valence-corrected chi connectivity index (χ4v) is 3.00. The van der Waals surface area contributed by atoms with Crippen molar-refractivity contribution in [3.8, 4) is 0 Å². The van der Waals surface area contributed by atoms with Crippen LogP contribution in [0.4, 0.5) is 0 Å². The Labute approximate surface area is 97.5 Å². The normalized spacial score (nSPS) is 37.8. The van der Waals surface area contributed by atoms with Gasteiger partial charge < -0.3 is 14.3 Å². The summed E-state index contributed by atoms with van der Waals surface area (Å²) in [5.74, 6) is 0.349. The third-order valence-corrected chi connectivity index (χ3v) is 3.81. The molecular formula is C13H22O3. The zero-order valence-electron chi connectivity index (χ0n) is 10.5. The third kappa shape index (κ3) is 2.46. The summed E-state index contributed by atoms with van der Waals surface area (Å²) in [5.41, 5.74) is 0. The van der Waals surface area contributed by atoms with E-state index in [1.807, 2.05) is 0 Å². The molecular weight excluding hydrogens is 204 g/mol. The highest BCUT2D eigenvalue weighted by atomic mass is 16.8. The number of hydrogen-bond acceptors (Lipinski definition) is 3. The summed E-state index contributed by atoms with van der Waals surface area (Å²) in [7, 11) is 0. The van der Waals surface area contributed by atoms with Crippen LogP contribution in [0.1, 0.15) is 52.9 Å². The lowest BCUT2D eigenvalue weighted by Gasteiger charge is -2.36. The fourth-order valence-electron chi connectivity index (χ4n) is 3.00. The Morgan fingerprint density at radius 2 is 1.94 bits per heavy atom. The first kappa shape index (κ1) is 12.1. The molecule has 0 N–H and O–H groups in total. The summed E-state index contributed by atoms with van der Waals surface area (Å²) < 4.78 is 12.0. The molecule has 1 saturated heterocycles. The van der Waals surface area contributed by atoms with Crippen molar-refractivity contribution < 1.29 is 14.3 Å². The first-order valence-electron chi connectivity index (χ1n) is 6.36. The van der Waals surface area contributed by atoms with Gasteiger partial charge in [-0.3, -0.25) is 0 Å². The molecule has 1 spiro atoms. The quantitative estimate of drug-likeness (QED) is 0.726. The van der Waals surface area contributed by atoms with Crippen molar-refractivity contribution in [3.63, 3.8) is 0 Å². The largest absolute Gasteiger partial charge is 0.344 e. The van der Waals surface area contributed by atoms with E-state index in [0.29, 0.717) is 12.3 Å². The Bertz CT molecular complexity index is 264. The molecule has 0 aromatic heterocycles. The molecule has 92 valence electrons. The van der Waals surface area contributed by atoms with Crippen LogP contribution >= 0.6 is 0 Å². The third-order valence-electron chi connectivity index (χ3n) is 3.81. The van der Waals surface area contributed by atoms with Crippen LogP contribution in [0.2, 0.25) is 0 Å². The number of carbonyl (C=O) groups excluding carboxylic acids is 1. The molecule has 3 nitrogen and oxygen atoms in total. The summed E-state index contributed by atoms with van der Waals surface area (Å²) in [6, 6.07) is 0. The maximum absolute atomic E-state index is 11.2. The fraction of sp³-hybridized carbons (Fsp3) is 0.923. The van der Waals surface area contributed by atoms with Gasteiger partial charge in [-0.2, -0.15) is 0 Å². The molecule has 1 aliphatic heterocycles. The number of ether oxygens (including phenoxy) is 2. The van der Waals surface area contributed by atoms with Crippen molar-refractivity contribution in [3.05, 3.63) is 0 Å². The van der Waals surface area contributed by atoms with Gasteiger partial charge >= 0.3 is 0 Å². The highest BCUT2D eigenvalue weighted by Crippen LogP contribution is 2.43. The van der Waals surface area contributed by atoms with Crippen LogP contribution in [-0.4, -0.2) is 23.8 Å². The zero-order chi connectivity index (χ0) is 11.8. The molecule has 0 radical (unpaired) electrons. The van der Waals surface area contributed by atoms with Gasteiger partial charge in [-0.05, 0) is 39.5 Å². The van der Waals surface area contributed by atoms with E-state index in [1.54, 1.807) is 6.92 Å². The standard InChI is InChI=1S/C13H22O3/c1-9(14)7-12-5-4-6-13(8-12)15-10(2)11(3)16-13/h10-12H,4-8H2,1-3H3/t10-,11-,12+/m1/s1. The molecule has 3 atom stereocenters. The van der Waals surface area contributed by atoms with E-state index >= 15 is 0 Å². The van der Waals surface area contributed by atoms with Crippen LogP contribution in [0.25, 0.3) is 0 Å². The SMILES string of the molecule is CC(=O)C[C@@H]1CCCC2(C1)O[C@H](C)[C@@H](C)O2. The predicted molar refractivity (Wildman–Crippen MR) is 61.1 cm³/mol. The van der Waals surface area contributed by atoms with E-state index < -0.39 is 0 Å². The van der Waals surface area contributed by atoms with Gasteiger partial charge in [0, 0.05) is 19.3 Å². The number of ketones is 1. The minimum absolute atomic E-state index is 0.177. The van der Waals surface area contributed by atoms with Crippen LogP contribution in [0.15, 0.2) is 0 Å². The van der Waals surface area contributed by atoms with Gasteiger partial charge in [-0.1, -0.05) is 0 Å². The summed E-state index contributed by atoms with van der Waals surface area (Å²) in [6.45, 7) is 5.80. The second-order valence-electron chi connectivity index (χ2n) is 5.43. The highest BCUT2D eigenvalue weighted by Gasteiger charge is 2.46. The van der Waals surface area contributed by atoms with Gasteiger partial charge in [-0.15, -0.1) is 0 Å². The van der Waals surface area contributed by atoms with E-state index in [2.05, 4.69) is 13.8 Å². The molecule has 1 saturated carbocycles. The van der Waals surface area contributed by atoms with Crippen LogP contribution in [-0.2, 0) is 14.3 Å². The minimum atomic E-state index is -0.378. The summed E-state index contributed by atoms with van der Waals surface area (Å²) >= 11 is 0. The molecule has 16 heavy (non-hydrogen) atoms. The molecule has 2 aliphatic rings. The lowest BCUT2D eigenvalue weighted by molar-refractivity contribution is -0.201. The molecule has 0 aromatic rings. The zero-order valence-corrected chi connectivity index (χ0v) is 10.5. The van der Waals surface area contributed by atoms with Crippen molar-refractivity contribution in [2.45, 2.75) is 70.9 Å². The molecule has 0 bridgehead atoms. The van der Waals surface area contributed by atoms with Crippen LogP contribution in [0, 0.1) is 5.92 Å². The molecule has 0 amide bonds. The highest BCUT2D eigenvalue weighted by molar-refractivity contribution is 5.75. The van der Waals surface area contributed by atoms with Crippen LogP contribution < -0.4 is 0 Å². The summed E-state index contributed by atoms with van der Waals surface area (Å²) in [5, 5.41) is 0. The minimum Gasteiger partial charge on any atom is -0.344 e. The van der Waals surface area contributed by atoms with E-state index in [0.717, 1.165) is 25.7 Å². The summed E-state index contributed by atoms with van der Waals surface area (Å²) in [4.78, 5) is 11.2. The predicted octanol–water partition coefficient (Wildman–Crippen LogP) is 2.68. The van der Waals surface area contributed by atoms with Crippen molar-refractivity contribution in [2.75, 3.05) is 0 Å². The molecule has 0 aromatic carbocycles. The Hall–Kier alpha value is -0.410. The number of hydrogen-bond donors (Lipinski definition) is 0. The molecule has 2 fully saturated rings. The smallest absolute Gasteiger partial charge is 0.169 e. The monoisotopic (exact) mass is 226 g/mol. The van der Waals surface area contributed by atoms with E-state index in [9.17, 15) is 4.79 Å². The number of rotatable bonds is 2. The second-order valence-corrected chi connectivity index (χ2v) is 5.43. The van der Waals surface area contributed by atoms with Crippen molar-refractivity contribution >= 4 is 5.78 Å². The van der Waals surface area contributed by atoms with Crippen molar-refractivity contribution in [1.82, 2.24) is 0 Å². The number of carbonyl (C=O) groups is 1. The first-order chi connectivity index (χ1) is 7.51. The van der Waals surface area contributed by atoms with Gasteiger partial charge in [-0.25, -0.2) is 0 Å². The van der Waals surface area contributed by atoms with Gasteiger partial charge in [0.1, 0.15) is 5.78 Å². The lowest BCUT2D eigenvalue weighted by Crippen LogP contribution is -2.37. The average molecular weight is 226 g/mol. The maximum Gasteiger partial charge on any atom is 0.169 e. The first-order valence-corrected chi connectivity index (χ1v) is 6.36. The molecule has 2 rings (SSSR count). The van der Waals surface area contributed by atoms with Gasteiger partial charge in [0.15, 0.2) is 5.79 Å². The Balaban J connectivity index is 1.98. The molecule has 1 heterocycles. The van der Waals surface area contributed by atoms with Crippen LogP contribution in [0.5, 0.6) is 0 Å². The molecule has 0 unspecified atom stereocenters. The molecule has 3 heteroatoms. The average Bonchev–Trinajstić information content (AvgIpc) is 2.40. The van der Waals surface area contributed by atoms with Gasteiger partial charge in [0.2, 0.25) is 0 Å². The number of Topliss-reactive ketones (excluding diaryl/α,β-unsaturated/α-hetero) is 1. The topological polar surface area (TPSA) is 35.5 Å². The maximum atomic E-state index is 11.2. The Morgan fingerprint density at radius 1 is 1.31 bits per heavy atom. The Kier molecular flexibility index (Phi) is 3.36. The second kappa shape index (κ2) is 4.46. The van der Waals surface area contributed by atoms with Gasteiger partial charge in [0.25, 0.3) is 0 Å².